The number of hydrogen-bond donors (Lipinski definition) is 1. The Balaban J connectivity index is 1.27. The Kier molecular flexibility index (Phi) is 5.36. The first kappa shape index (κ1) is 17.0. The molecule has 136 valence electrons. The van der Waals surface area contributed by atoms with Gasteiger partial charge in [0.2, 0.25) is 5.91 Å². The highest BCUT2D eigenvalue weighted by molar-refractivity contribution is 7.99. The van der Waals surface area contributed by atoms with E-state index in [1.54, 1.807) is 11.8 Å². The minimum atomic E-state index is 0.288. The van der Waals surface area contributed by atoms with Crippen LogP contribution in [0.3, 0.4) is 0 Å². The zero-order chi connectivity index (χ0) is 17.1. The van der Waals surface area contributed by atoms with Crippen LogP contribution in [0.4, 0.5) is 0 Å². The minimum absolute atomic E-state index is 0.288. The number of carbonyl (C=O) groups excluding carboxylic acids is 1. The molecule has 5 nitrogen and oxygen atoms in total. The number of hydrogen-bond acceptors (Lipinski definition) is 5. The number of likely N-dealkylation sites (tertiary alicyclic amines) is 1. The van der Waals surface area contributed by atoms with Crippen LogP contribution in [0.2, 0.25) is 0 Å². The quantitative estimate of drug-likeness (QED) is 0.835. The number of nitrogens with one attached hydrogen (secondary N) is 1. The molecule has 3 heterocycles. The van der Waals surface area contributed by atoms with Crippen molar-refractivity contribution in [3.05, 3.63) is 18.2 Å². The van der Waals surface area contributed by atoms with Crippen LogP contribution >= 0.6 is 11.8 Å². The highest BCUT2D eigenvalue weighted by Gasteiger charge is 2.30. The van der Waals surface area contributed by atoms with Crippen molar-refractivity contribution in [1.29, 1.82) is 0 Å². The summed E-state index contributed by atoms with van der Waals surface area (Å²) < 4.78 is 11.4. The lowest BCUT2D eigenvalue weighted by Crippen LogP contribution is -2.39. The third-order valence-corrected chi connectivity index (χ3v) is 6.18. The highest BCUT2D eigenvalue weighted by atomic mass is 32.2. The van der Waals surface area contributed by atoms with Gasteiger partial charge in [0.05, 0.1) is 13.2 Å². The number of nitrogens with zero attached hydrogens (tertiary/aromatic N) is 1. The van der Waals surface area contributed by atoms with Gasteiger partial charge in [-0.3, -0.25) is 4.79 Å². The molecule has 1 aromatic rings. The summed E-state index contributed by atoms with van der Waals surface area (Å²) in [6.07, 6.45) is 5.08. The van der Waals surface area contributed by atoms with E-state index < -0.39 is 0 Å². The summed E-state index contributed by atoms with van der Waals surface area (Å²) in [4.78, 5) is 15.7. The molecule has 2 bridgehead atoms. The van der Waals surface area contributed by atoms with E-state index in [9.17, 15) is 4.79 Å². The van der Waals surface area contributed by atoms with Gasteiger partial charge in [-0.15, -0.1) is 11.8 Å². The maximum atomic E-state index is 12.5. The normalized spacial score (nSPS) is 25.4. The first-order chi connectivity index (χ1) is 12.3. The zero-order valence-corrected chi connectivity index (χ0v) is 15.4. The van der Waals surface area contributed by atoms with Crippen molar-refractivity contribution in [2.45, 2.75) is 49.1 Å². The van der Waals surface area contributed by atoms with Gasteiger partial charge in [0.15, 0.2) is 11.5 Å². The molecule has 1 aromatic carbocycles. The van der Waals surface area contributed by atoms with E-state index in [0.29, 0.717) is 31.7 Å². The Morgan fingerprint density at radius 3 is 2.92 bits per heavy atom. The molecule has 0 saturated carbocycles. The van der Waals surface area contributed by atoms with Gasteiger partial charge < -0.3 is 19.7 Å². The summed E-state index contributed by atoms with van der Waals surface area (Å²) in [5, 5.41) is 3.63. The number of fused-ring (bicyclic) bond motifs is 3. The Labute approximate surface area is 153 Å². The van der Waals surface area contributed by atoms with Crippen LogP contribution < -0.4 is 14.8 Å². The van der Waals surface area contributed by atoms with Gasteiger partial charge in [-0.2, -0.15) is 0 Å². The molecule has 2 atom stereocenters. The van der Waals surface area contributed by atoms with Gasteiger partial charge in [-0.1, -0.05) is 0 Å². The van der Waals surface area contributed by atoms with E-state index in [-0.39, 0.29) is 5.91 Å². The monoisotopic (exact) mass is 362 g/mol. The summed E-state index contributed by atoms with van der Waals surface area (Å²) in [7, 11) is 0. The van der Waals surface area contributed by atoms with Crippen molar-refractivity contribution in [1.82, 2.24) is 10.2 Å². The SMILES string of the molecule is O=C(CCSc1ccc2c(c1)OCCCO2)N1CCC2CCC(C1)N2. The van der Waals surface area contributed by atoms with E-state index in [1.807, 2.05) is 12.1 Å². The summed E-state index contributed by atoms with van der Waals surface area (Å²) in [6, 6.07) is 7.19. The van der Waals surface area contributed by atoms with Crippen molar-refractivity contribution in [2.24, 2.45) is 0 Å². The lowest BCUT2D eigenvalue weighted by Gasteiger charge is -2.24. The van der Waals surface area contributed by atoms with Gasteiger partial charge in [0.1, 0.15) is 0 Å². The fourth-order valence-corrected chi connectivity index (χ4v) is 4.68. The van der Waals surface area contributed by atoms with Crippen LogP contribution in [0.25, 0.3) is 0 Å². The van der Waals surface area contributed by atoms with Crippen molar-refractivity contribution < 1.29 is 14.3 Å². The minimum Gasteiger partial charge on any atom is -0.490 e. The van der Waals surface area contributed by atoms with Gasteiger partial charge in [0.25, 0.3) is 0 Å². The van der Waals surface area contributed by atoms with Crippen molar-refractivity contribution in [3.8, 4) is 11.5 Å². The number of rotatable bonds is 4. The lowest BCUT2D eigenvalue weighted by molar-refractivity contribution is -0.130. The van der Waals surface area contributed by atoms with Crippen LogP contribution in [-0.4, -0.2) is 54.9 Å². The molecule has 3 aliphatic heterocycles. The molecule has 6 heteroatoms. The topological polar surface area (TPSA) is 50.8 Å². The van der Waals surface area contributed by atoms with Gasteiger partial charge in [0, 0.05) is 48.7 Å². The molecular formula is C19H26N2O3S. The van der Waals surface area contributed by atoms with Crippen LogP contribution in [0.15, 0.2) is 23.1 Å². The van der Waals surface area contributed by atoms with Crippen LogP contribution in [0, 0.1) is 0 Å². The van der Waals surface area contributed by atoms with Crippen molar-refractivity contribution in [2.75, 3.05) is 32.1 Å². The molecule has 4 rings (SSSR count). The van der Waals surface area contributed by atoms with Gasteiger partial charge in [-0.05, 0) is 37.5 Å². The third-order valence-electron chi connectivity index (χ3n) is 5.18. The number of thioether (sulfide) groups is 1. The lowest BCUT2D eigenvalue weighted by atomic mass is 10.1. The molecule has 1 N–H and O–H groups in total. The number of amides is 1. The summed E-state index contributed by atoms with van der Waals surface area (Å²) in [6.45, 7) is 3.19. The third kappa shape index (κ3) is 4.23. The average Bonchev–Trinajstić information content (AvgIpc) is 2.81. The standard InChI is InChI=1S/C19H26N2O3S/c22-19(21-8-6-14-2-3-15(13-21)20-14)7-11-25-16-4-5-17-18(12-16)24-10-1-9-23-17/h4-5,12,14-15,20H,1-3,6-11,13H2. The van der Waals surface area contributed by atoms with Gasteiger partial charge >= 0.3 is 0 Å². The molecule has 0 spiro atoms. The molecule has 25 heavy (non-hydrogen) atoms. The number of ether oxygens (including phenoxy) is 2. The van der Waals surface area contributed by atoms with Crippen molar-refractivity contribution in [3.63, 3.8) is 0 Å². The summed E-state index contributed by atoms with van der Waals surface area (Å²) >= 11 is 1.71. The smallest absolute Gasteiger partial charge is 0.223 e. The van der Waals surface area contributed by atoms with Crippen LogP contribution in [0.5, 0.6) is 11.5 Å². The molecule has 2 saturated heterocycles. The molecule has 1 amide bonds. The molecule has 3 aliphatic rings. The number of carbonyl (C=O) groups is 1. The fourth-order valence-electron chi connectivity index (χ4n) is 3.82. The second-order valence-electron chi connectivity index (χ2n) is 7.02. The van der Waals surface area contributed by atoms with E-state index in [1.165, 1.54) is 12.8 Å². The molecular weight excluding hydrogens is 336 g/mol. The highest BCUT2D eigenvalue weighted by Crippen LogP contribution is 2.34. The van der Waals surface area contributed by atoms with E-state index in [0.717, 1.165) is 48.1 Å². The summed E-state index contributed by atoms with van der Waals surface area (Å²) in [5.74, 6) is 2.74. The molecule has 0 aliphatic carbocycles. The summed E-state index contributed by atoms with van der Waals surface area (Å²) in [5.41, 5.74) is 0. The van der Waals surface area contributed by atoms with E-state index >= 15 is 0 Å². The Hall–Kier alpha value is -1.40. The Morgan fingerprint density at radius 1 is 1.16 bits per heavy atom. The molecule has 0 radical (unpaired) electrons. The van der Waals surface area contributed by atoms with Crippen molar-refractivity contribution >= 4 is 17.7 Å². The number of benzene rings is 1. The van der Waals surface area contributed by atoms with E-state index in [4.69, 9.17) is 9.47 Å². The molecule has 2 unspecified atom stereocenters. The van der Waals surface area contributed by atoms with Crippen LogP contribution in [0.1, 0.15) is 32.1 Å². The molecule has 0 aromatic heterocycles. The molecule has 2 fully saturated rings. The first-order valence-corrected chi connectivity index (χ1v) is 10.3. The second kappa shape index (κ2) is 7.87. The first-order valence-electron chi connectivity index (χ1n) is 9.34. The Bertz CT molecular complexity index is 625. The maximum absolute atomic E-state index is 12.5. The largest absolute Gasteiger partial charge is 0.490 e. The average molecular weight is 362 g/mol. The maximum Gasteiger partial charge on any atom is 0.223 e. The Morgan fingerprint density at radius 2 is 2.00 bits per heavy atom. The van der Waals surface area contributed by atoms with E-state index in [2.05, 4.69) is 16.3 Å². The zero-order valence-electron chi connectivity index (χ0n) is 14.5. The predicted molar refractivity (Wildman–Crippen MR) is 98.5 cm³/mol. The second-order valence-corrected chi connectivity index (χ2v) is 8.19. The van der Waals surface area contributed by atoms with Gasteiger partial charge in [-0.25, -0.2) is 0 Å². The predicted octanol–water partition coefficient (Wildman–Crippen LogP) is 2.68. The fraction of sp³-hybridized carbons (Fsp3) is 0.632. The van der Waals surface area contributed by atoms with Crippen LogP contribution in [-0.2, 0) is 4.79 Å².